The van der Waals surface area contributed by atoms with Gasteiger partial charge in [-0.05, 0) is 23.8 Å². The number of halogens is 1. The van der Waals surface area contributed by atoms with E-state index in [0.717, 1.165) is 41.8 Å². The van der Waals surface area contributed by atoms with Crippen molar-refractivity contribution in [3.05, 3.63) is 64.1 Å². The Morgan fingerprint density at radius 1 is 1.17 bits per heavy atom. The van der Waals surface area contributed by atoms with Crippen molar-refractivity contribution in [2.24, 2.45) is 0 Å². The fourth-order valence-corrected chi connectivity index (χ4v) is 3.49. The molecule has 0 bridgehead atoms. The van der Waals surface area contributed by atoms with Crippen LogP contribution >= 0.6 is 15.9 Å². The maximum atomic E-state index is 12.8. The highest BCUT2D eigenvalue weighted by atomic mass is 79.9. The van der Waals surface area contributed by atoms with Gasteiger partial charge >= 0.3 is 0 Å². The predicted molar refractivity (Wildman–Crippen MR) is 98.2 cm³/mol. The highest BCUT2D eigenvalue weighted by Gasteiger charge is 2.25. The van der Waals surface area contributed by atoms with E-state index in [9.17, 15) is 9.90 Å². The molecule has 126 valence electrons. The van der Waals surface area contributed by atoms with E-state index in [1.807, 2.05) is 41.3 Å². The Morgan fingerprint density at radius 3 is 2.58 bits per heavy atom. The molecule has 0 spiro atoms. The fourth-order valence-electron chi connectivity index (χ4n) is 3.12. The number of benzene rings is 2. The molecule has 3 rings (SSSR count). The number of hydrogen-bond donors (Lipinski definition) is 2. The third-order valence-corrected chi connectivity index (χ3v) is 4.91. The summed E-state index contributed by atoms with van der Waals surface area (Å²) in [6, 6.07) is 15.3. The largest absolute Gasteiger partial charge is 0.508 e. The SMILES string of the molecule is O=C(C[C@H](c1ccccc1)c1cc(Br)ccc1O)N1CCNCC1. The molecule has 1 atom stereocenters. The highest BCUT2D eigenvalue weighted by Crippen LogP contribution is 2.36. The number of rotatable bonds is 4. The molecular formula is C19H21BrN2O2. The predicted octanol–water partition coefficient (Wildman–Crippen LogP) is 3.11. The number of piperazine rings is 1. The number of carbonyl (C=O) groups is 1. The molecular weight excluding hydrogens is 368 g/mol. The van der Waals surface area contributed by atoms with Crippen LogP contribution < -0.4 is 5.32 Å². The fraction of sp³-hybridized carbons (Fsp3) is 0.316. The summed E-state index contributed by atoms with van der Waals surface area (Å²) in [5.74, 6) is 0.191. The molecule has 4 nitrogen and oxygen atoms in total. The van der Waals surface area contributed by atoms with Gasteiger partial charge in [0.25, 0.3) is 0 Å². The van der Waals surface area contributed by atoms with Gasteiger partial charge in [-0.3, -0.25) is 4.79 Å². The zero-order chi connectivity index (χ0) is 16.9. The molecule has 1 aliphatic rings. The molecule has 1 saturated heterocycles. The highest BCUT2D eigenvalue weighted by molar-refractivity contribution is 9.10. The normalized spacial score (nSPS) is 16.0. The van der Waals surface area contributed by atoms with Crippen LogP contribution in [0.25, 0.3) is 0 Å². The zero-order valence-electron chi connectivity index (χ0n) is 13.4. The van der Waals surface area contributed by atoms with Crippen LogP contribution in [0.4, 0.5) is 0 Å². The molecule has 2 N–H and O–H groups in total. The van der Waals surface area contributed by atoms with E-state index in [2.05, 4.69) is 21.2 Å². The van der Waals surface area contributed by atoms with Crippen LogP contribution in [-0.2, 0) is 4.79 Å². The number of phenols is 1. The van der Waals surface area contributed by atoms with Gasteiger partial charge in [-0.25, -0.2) is 0 Å². The molecule has 24 heavy (non-hydrogen) atoms. The lowest BCUT2D eigenvalue weighted by atomic mass is 9.87. The summed E-state index contributed by atoms with van der Waals surface area (Å²) >= 11 is 3.47. The first-order valence-corrected chi connectivity index (χ1v) is 8.96. The molecule has 0 saturated carbocycles. The average Bonchev–Trinajstić information content (AvgIpc) is 2.63. The third-order valence-electron chi connectivity index (χ3n) is 4.42. The van der Waals surface area contributed by atoms with E-state index < -0.39 is 0 Å². The van der Waals surface area contributed by atoms with Crippen LogP contribution in [0.3, 0.4) is 0 Å². The number of carbonyl (C=O) groups excluding carboxylic acids is 1. The van der Waals surface area contributed by atoms with E-state index in [4.69, 9.17) is 0 Å². The lowest BCUT2D eigenvalue weighted by Gasteiger charge is -2.29. The lowest BCUT2D eigenvalue weighted by Crippen LogP contribution is -2.46. The first-order chi connectivity index (χ1) is 11.6. The van der Waals surface area contributed by atoms with Crippen LogP contribution in [0.1, 0.15) is 23.5 Å². The van der Waals surface area contributed by atoms with E-state index in [0.29, 0.717) is 6.42 Å². The van der Waals surface area contributed by atoms with Crippen molar-refractivity contribution in [3.63, 3.8) is 0 Å². The molecule has 1 fully saturated rings. The van der Waals surface area contributed by atoms with Gasteiger partial charge in [0.1, 0.15) is 5.75 Å². The molecule has 2 aromatic carbocycles. The van der Waals surface area contributed by atoms with Crippen LogP contribution in [0.5, 0.6) is 5.75 Å². The Morgan fingerprint density at radius 2 is 1.88 bits per heavy atom. The van der Waals surface area contributed by atoms with Crippen molar-refractivity contribution in [1.29, 1.82) is 0 Å². The van der Waals surface area contributed by atoms with Crippen LogP contribution in [0, 0.1) is 0 Å². The van der Waals surface area contributed by atoms with Gasteiger partial charge in [0, 0.05) is 48.6 Å². The molecule has 1 amide bonds. The Bertz CT molecular complexity index is 700. The van der Waals surface area contributed by atoms with Gasteiger partial charge in [0.05, 0.1) is 0 Å². The molecule has 1 aliphatic heterocycles. The summed E-state index contributed by atoms with van der Waals surface area (Å²) in [6.07, 6.45) is 0.355. The maximum Gasteiger partial charge on any atom is 0.223 e. The second kappa shape index (κ2) is 7.81. The van der Waals surface area contributed by atoms with Crippen molar-refractivity contribution < 1.29 is 9.90 Å². The Hall–Kier alpha value is -1.85. The Labute approximate surface area is 150 Å². The number of nitrogens with one attached hydrogen (secondary N) is 1. The monoisotopic (exact) mass is 388 g/mol. The van der Waals surface area contributed by atoms with E-state index in [1.54, 1.807) is 12.1 Å². The Kier molecular flexibility index (Phi) is 5.53. The first kappa shape index (κ1) is 17.0. The van der Waals surface area contributed by atoms with Gasteiger partial charge in [-0.15, -0.1) is 0 Å². The van der Waals surface area contributed by atoms with Crippen LogP contribution in [0.15, 0.2) is 53.0 Å². The molecule has 2 aromatic rings. The third kappa shape index (κ3) is 3.97. The van der Waals surface area contributed by atoms with Gasteiger partial charge in [-0.2, -0.15) is 0 Å². The van der Waals surface area contributed by atoms with Crippen LogP contribution in [0.2, 0.25) is 0 Å². The summed E-state index contributed by atoms with van der Waals surface area (Å²) in [5.41, 5.74) is 1.81. The van der Waals surface area contributed by atoms with Gasteiger partial charge in [0.2, 0.25) is 5.91 Å². The summed E-state index contributed by atoms with van der Waals surface area (Å²) in [7, 11) is 0. The molecule has 0 unspecified atom stereocenters. The van der Waals surface area contributed by atoms with E-state index in [-0.39, 0.29) is 17.6 Å². The molecule has 5 heteroatoms. The zero-order valence-corrected chi connectivity index (χ0v) is 15.0. The quantitative estimate of drug-likeness (QED) is 0.845. The van der Waals surface area contributed by atoms with Crippen molar-refractivity contribution >= 4 is 21.8 Å². The maximum absolute atomic E-state index is 12.8. The number of nitrogens with zero attached hydrogens (tertiary/aromatic N) is 1. The number of hydrogen-bond acceptors (Lipinski definition) is 3. The molecule has 0 aromatic heterocycles. The number of amides is 1. The second-order valence-electron chi connectivity index (χ2n) is 6.00. The van der Waals surface area contributed by atoms with Crippen molar-refractivity contribution in [1.82, 2.24) is 10.2 Å². The summed E-state index contributed by atoms with van der Waals surface area (Å²) < 4.78 is 0.894. The van der Waals surface area contributed by atoms with Crippen LogP contribution in [-0.4, -0.2) is 42.1 Å². The van der Waals surface area contributed by atoms with Crippen molar-refractivity contribution in [2.75, 3.05) is 26.2 Å². The van der Waals surface area contributed by atoms with Gasteiger partial charge in [-0.1, -0.05) is 46.3 Å². The minimum absolute atomic E-state index is 0.129. The van der Waals surface area contributed by atoms with Gasteiger partial charge < -0.3 is 15.3 Å². The molecule has 1 heterocycles. The summed E-state index contributed by atoms with van der Waals surface area (Å²) in [6.45, 7) is 3.16. The van der Waals surface area contributed by atoms with Gasteiger partial charge in [0.15, 0.2) is 0 Å². The lowest BCUT2D eigenvalue weighted by molar-refractivity contribution is -0.132. The summed E-state index contributed by atoms with van der Waals surface area (Å²) in [4.78, 5) is 14.7. The minimum atomic E-state index is -0.161. The number of phenolic OH excluding ortho intramolecular Hbond substituents is 1. The molecule has 0 aliphatic carbocycles. The standard InChI is InChI=1S/C19H21BrN2O2/c20-15-6-7-18(23)17(12-15)16(14-4-2-1-3-5-14)13-19(24)22-10-8-21-9-11-22/h1-7,12,16,21,23H,8-11,13H2/t16-/m1/s1. The average molecular weight is 389 g/mol. The second-order valence-corrected chi connectivity index (χ2v) is 6.92. The smallest absolute Gasteiger partial charge is 0.223 e. The topological polar surface area (TPSA) is 52.6 Å². The Balaban J connectivity index is 1.90. The first-order valence-electron chi connectivity index (χ1n) is 8.17. The van der Waals surface area contributed by atoms with E-state index >= 15 is 0 Å². The molecule has 0 radical (unpaired) electrons. The van der Waals surface area contributed by atoms with Crippen molar-refractivity contribution in [3.8, 4) is 5.75 Å². The minimum Gasteiger partial charge on any atom is -0.508 e. The summed E-state index contributed by atoms with van der Waals surface area (Å²) in [5, 5.41) is 13.6. The van der Waals surface area contributed by atoms with Crippen molar-refractivity contribution in [2.45, 2.75) is 12.3 Å². The van der Waals surface area contributed by atoms with E-state index in [1.165, 1.54) is 0 Å². The number of aromatic hydroxyl groups is 1.